The van der Waals surface area contributed by atoms with Crippen LogP contribution in [0.15, 0.2) is 48.7 Å². The third-order valence-corrected chi connectivity index (χ3v) is 2.25. The summed E-state index contributed by atoms with van der Waals surface area (Å²) in [5.74, 6) is 1.11. The van der Waals surface area contributed by atoms with Gasteiger partial charge in [-0.1, -0.05) is 18.2 Å². The number of hydrogen-bond acceptors (Lipinski definition) is 5. The molecule has 3 rings (SSSR count). The summed E-state index contributed by atoms with van der Waals surface area (Å²) in [7, 11) is 0. The zero-order valence-corrected chi connectivity index (χ0v) is 9.26. The number of rotatable bonds is 3. The summed E-state index contributed by atoms with van der Waals surface area (Å²) in [4.78, 5) is 5.45. The van der Waals surface area contributed by atoms with Gasteiger partial charge in [0.05, 0.1) is 0 Å². The molecule has 0 N–H and O–H groups in total. The van der Waals surface area contributed by atoms with Crippen LogP contribution in [0.4, 0.5) is 0 Å². The lowest BCUT2D eigenvalue weighted by molar-refractivity contribution is 0.456. The molecular weight excluding hydrogens is 230 g/mol. The largest absolute Gasteiger partial charge is 0.437 e. The van der Waals surface area contributed by atoms with E-state index in [0.29, 0.717) is 17.3 Å². The van der Waals surface area contributed by atoms with Crippen molar-refractivity contribution in [1.82, 2.24) is 25.2 Å². The van der Waals surface area contributed by atoms with E-state index in [1.165, 1.54) is 4.80 Å². The van der Waals surface area contributed by atoms with E-state index < -0.39 is 0 Å². The topological polar surface area (TPSA) is 65.7 Å². The molecule has 2 aromatic heterocycles. The number of pyridine rings is 1. The van der Waals surface area contributed by atoms with Gasteiger partial charge in [0.25, 0.3) is 0 Å². The van der Waals surface area contributed by atoms with Crippen molar-refractivity contribution >= 4 is 0 Å². The molecule has 0 bridgehead atoms. The molecule has 0 fully saturated rings. The van der Waals surface area contributed by atoms with Crippen molar-refractivity contribution in [2.45, 2.75) is 0 Å². The maximum Gasteiger partial charge on any atom is 0.246 e. The number of tetrazole rings is 1. The standard InChI is InChI=1S/C12H8N5O/c1-2-6-11(18-12-7-3-4-8-13-12)10(5-1)17-15-9-14-16-17/h1-8H. The van der Waals surface area contributed by atoms with Gasteiger partial charge in [0.2, 0.25) is 12.2 Å². The fraction of sp³-hybridized carbons (Fsp3) is 0. The molecule has 0 aliphatic heterocycles. The van der Waals surface area contributed by atoms with Crippen LogP contribution in [0.3, 0.4) is 0 Å². The first-order chi connectivity index (χ1) is 8.93. The van der Waals surface area contributed by atoms with Crippen molar-refractivity contribution in [3.63, 3.8) is 0 Å². The molecule has 0 spiro atoms. The van der Waals surface area contributed by atoms with Crippen molar-refractivity contribution in [2.24, 2.45) is 0 Å². The Bertz CT molecular complexity index is 624. The Morgan fingerprint density at radius 3 is 2.72 bits per heavy atom. The first kappa shape index (κ1) is 10.4. The summed E-state index contributed by atoms with van der Waals surface area (Å²) < 4.78 is 5.68. The van der Waals surface area contributed by atoms with Crippen LogP contribution < -0.4 is 4.74 Å². The van der Waals surface area contributed by atoms with Gasteiger partial charge in [0.15, 0.2) is 5.75 Å². The van der Waals surface area contributed by atoms with Gasteiger partial charge in [-0.25, -0.2) is 4.98 Å². The average molecular weight is 238 g/mol. The van der Waals surface area contributed by atoms with E-state index in [1.807, 2.05) is 36.4 Å². The molecule has 0 unspecified atom stereocenters. The third-order valence-electron chi connectivity index (χ3n) is 2.25. The van der Waals surface area contributed by atoms with Crippen molar-refractivity contribution in [1.29, 1.82) is 0 Å². The molecule has 2 heterocycles. The highest BCUT2D eigenvalue weighted by molar-refractivity contribution is 5.46. The van der Waals surface area contributed by atoms with Gasteiger partial charge in [0, 0.05) is 12.3 Å². The predicted molar refractivity (Wildman–Crippen MR) is 62.3 cm³/mol. The second-order valence-corrected chi connectivity index (χ2v) is 3.42. The fourth-order valence-electron chi connectivity index (χ4n) is 1.48. The van der Waals surface area contributed by atoms with E-state index >= 15 is 0 Å². The van der Waals surface area contributed by atoms with Crippen molar-refractivity contribution in [3.8, 4) is 17.3 Å². The third kappa shape index (κ3) is 2.03. The highest BCUT2D eigenvalue weighted by Crippen LogP contribution is 2.25. The minimum absolute atomic E-state index is 0.508. The molecule has 18 heavy (non-hydrogen) atoms. The van der Waals surface area contributed by atoms with Gasteiger partial charge >= 0.3 is 0 Å². The molecule has 0 aliphatic rings. The number of hydrogen-bond donors (Lipinski definition) is 0. The summed E-state index contributed by atoms with van der Waals surface area (Å²) in [6.45, 7) is 0. The summed E-state index contributed by atoms with van der Waals surface area (Å²) in [5.41, 5.74) is 0.678. The van der Waals surface area contributed by atoms with Crippen molar-refractivity contribution in [3.05, 3.63) is 55.0 Å². The first-order valence-corrected chi connectivity index (χ1v) is 5.28. The van der Waals surface area contributed by atoms with E-state index in [4.69, 9.17) is 4.74 Å². The highest BCUT2D eigenvalue weighted by Gasteiger charge is 2.08. The van der Waals surface area contributed by atoms with Crippen LogP contribution in [0, 0.1) is 6.33 Å². The van der Waals surface area contributed by atoms with Crippen molar-refractivity contribution < 1.29 is 4.74 Å². The van der Waals surface area contributed by atoms with Gasteiger partial charge in [-0.3, -0.25) is 0 Å². The lowest BCUT2D eigenvalue weighted by Gasteiger charge is -2.08. The summed E-state index contributed by atoms with van der Waals surface area (Å²) in [6.07, 6.45) is 4.07. The summed E-state index contributed by atoms with van der Waals surface area (Å²) >= 11 is 0. The Kier molecular flexibility index (Phi) is 2.67. The summed E-state index contributed by atoms with van der Waals surface area (Å²) in [5, 5.41) is 11.2. The monoisotopic (exact) mass is 238 g/mol. The van der Waals surface area contributed by atoms with E-state index in [2.05, 4.69) is 26.7 Å². The molecule has 0 amide bonds. The van der Waals surface area contributed by atoms with Crippen molar-refractivity contribution in [2.75, 3.05) is 0 Å². The molecule has 1 radical (unpaired) electrons. The van der Waals surface area contributed by atoms with E-state index in [-0.39, 0.29) is 0 Å². The average Bonchev–Trinajstić information content (AvgIpc) is 2.94. The minimum Gasteiger partial charge on any atom is -0.437 e. The van der Waals surface area contributed by atoms with Gasteiger partial charge in [0.1, 0.15) is 5.69 Å². The quantitative estimate of drug-likeness (QED) is 0.694. The molecule has 0 aliphatic carbocycles. The van der Waals surface area contributed by atoms with Crippen LogP contribution in [0.5, 0.6) is 11.6 Å². The Labute approximate surface area is 103 Å². The van der Waals surface area contributed by atoms with Crippen LogP contribution in [0.2, 0.25) is 0 Å². The van der Waals surface area contributed by atoms with E-state index in [0.717, 1.165) is 0 Å². The van der Waals surface area contributed by atoms with E-state index in [9.17, 15) is 0 Å². The second-order valence-electron chi connectivity index (χ2n) is 3.42. The Hall–Kier alpha value is -2.76. The van der Waals surface area contributed by atoms with Gasteiger partial charge in [-0.15, -0.1) is 15.0 Å². The van der Waals surface area contributed by atoms with E-state index in [1.54, 1.807) is 12.3 Å². The van der Waals surface area contributed by atoms with Gasteiger partial charge in [-0.2, -0.15) is 0 Å². The maximum atomic E-state index is 5.68. The molecular formula is C12H8N5O. The second kappa shape index (κ2) is 4.62. The molecule has 0 saturated carbocycles. The number of ether oxygens (including phenoxy) is 1. The van der Waals surface area contributed by atoms with Gasteiger partial charge in [-0.05, 0) is 23.4 Å². The zero-order chi connectivity index (χ0) is 12.2. The Morgan fingerprint density at radius 1 is 1.06 bits per heavy atom. The maximum absolute atomic E-state index is 5.68. The molecule has 0 saturated heterocycles. The number of aromatic nitrogens is 5. The van der Waals surface area contributed by atoms with Crippen LogP contribution in [-0.4, -0.2) is 25.2 Å². The predicted octanol–water partition coefficient (Wildman–Crippen LogP) is 1.65. The number of para-hydroxylation sites is 2. The fourth-order valence-corrected chi connectivity index (χ4v) is 1.48. The molecule has 0 atom stereocenters. The normalized spacial score (nSPS) is 10.2. The smallest absolute Gasteiger partial charge is 0.246 e. The number of nitrogens with zero attached hydrogens (tertiary/aromatic N) is 5. The molecule has 6 nitrogen and oxygen atoms in total. The lowest BCUT2D eigenvalue weighted by atomic mass is 10.3. The first-order valence-electron chi connectivity index (χ1n) is 5.28. The Morgan fingerprint density at radius 2 is 1.94 bits per heavy atom. The molecule has 1 aromatic carbocycles. The summed E-state index contributed by atoms with van der Waals surface area (Å²) in [6, 6.07) is 12.8. The molecule has 3 aromatic rings. The number of benzene rings is 1. The lowest BCUT2D eigenvalue weighted by Crippen LogP contribution is -2.01. The van der Waals surface area contributed by atoms with Crippen LogP contribution >= 0.6 is 0 Å². The zero-order valence-electron chi connectivity index (χ0n) is 9.26. The van der Waals surface area contributed by atoms with Crippen LogP contribution in [0.1, 0.15) is 0 Å². The molecule has 6 heteroatoms. The highest BCUT2D eigenvalue weighted by atomic mass is 16.5. The molecule has 87 valence electrons. The van der Waals surface area contributed by atoms with Crippen LogP contribution in [0.25, 0.3) is 5.69 Å². The minimum atomic E-state index is 0.508. The SMILES string of the molecule is [c]1nnn(-c2ccccc2Oc2ccccn2)n1. The Balaban J connectivity index is 1.98. The van der Waals surface area contributed by atoms with Gasteiger partial charge < -0.3 is 4.74 Å². The van der Waals surface area contributed by atoms with Crippen LogP contribution in [-0.2, 0) is 0 Å².